The van der Waals surface area contributed by atoms with Gasteiger partial charge in [-0.2, -0.15) is 0 Å². The summed E-state index contributed by atoms with van der Waals surface area (Å²) in [6.07, 6.45) is 0. The number of aryl methyl sites for hydroxylation is 1. The standard InChI is InChI=1S/C13H21NO2S2/c1-10-6-5-7-11(12(10)14)17-8-9-18(15,16)13(2,3)4/h5-7H,8-9,14H2,1-4H3. The summed E-state index contributed by atoms with van der Waals surface area (Å²) in [5, 5.41) is 0. The Hall–Kier alpha value is -0.680. The van der Waals surface area contributed by atoms with Crippen LogP contribution in [0.1, 0.15) is 26.3 Å². The van der Waals surface area contributed by atoms with Crippen LogP contribution in [0, 0.1) is 6.92 Å². The van der Waals surface area contributed by atoms with Crippen LogP contribution in [0.4, 0.5) is 5.69 Å². The van der Waals surface area contributed by atoms with Crippen LogP contribution >= 0.6 is 11.8 Å². The number of nitrogen functional groups attached to an aromatic ring is 1. The van der Waals surface area contributed by atoms with Gasteiger partial charge in [-0.05, 0) is 39.3 Å². The van der Waals surface area contributed by atoms with Gasteiger partial charge in [0.1, 0.15) is 0 Å². The Bertz CT molecular complexity index is 516. The maximum absolute atomic E-state index is 11.9. The molecule has 0 bridgehead atoms. The van der Waals surface area contributed by atoms with Crippen molar-refractivity contribution in [1.29, 1.82) is 0 Å². The predicted octanol–water partition coefficient (Wildman–Crippen LogP) is 2.88. The van der Waals surface area contributed by atoms with E-state index in [9.17, 15) is 8.42 Å². The fourth-order valence-corrected chi connectivity index (χ4v) is 3.88. The van der Waals surface area contributed by atoms with Crippen LogP contribution in [0.3, 0.4) is 0 Å². The molecule has 0 atom stereocenters. The highest BCUT2D eigenvalue weighted by Gasteiger charge is 2.28. The fourth-order valence-electron chi connectivity index (χ4n) is 1.35. The molecule has 0 saturated carbocycles. The molecule has 0 spiro atoms. The largest absolute Gasteiger partial charge is 0.398 e. The Labute approximate surface area is 114 Å². The van der Waals surface area contributed by atoms with Gasteiger partial charge in [0.25, 0.3) is 0 Å². The van der Waals surface area contributed by atoms with Crippen LogP contribution < -0.4 is 5.73 Å². The van der Waals surface area contributed by atoms with Gasteiger partial charge in [-0.15, -0.1) is 11.8 Å². The molecular formula is C13H21NO2S2. The molecule has 0 aromatic heterocycles. The Morgan fingerprint density at radius 2 is 1.89 bits per heavy atom. The number of benzene rings is 1. The molecule has 0 aliphatic rings. The van der Waals surface area contributed by atoms with Crippen LogP contribution in [0.15, 0.2) is 23.1 Å². The maximum Gasteiger partial charge on any atom is 0.156 e. The van der Waals surface area contributed by atoms with Gasteiger partial charge in [0.2, 0.25) is 0 Å². The van der Waals surface area contributed by atoms with E-state index >= 15 is 0 Å². The van der Waals surface area contributed by atoms with E-state index < -0.39 is 14.6 Å². The summed E-state index contributed by atoms with van der Waals surface area (Å²) in [6, 6.07) is 5.81. The Balaban J connectivity index is 2.66. The third-order valence-electron chi connectivity index (χ3n) is 2.83. The van der Waals surface area contributed by atoms with Crippen LogP contribution in [0.2, 0.25) is 0 Å². The molecule has 1 aromatic rings. The predicted molar refractivity (Wildman–Crippen MR) is 79.9 cm³/mol. The van der Waals surface area contributed by atoms with E-state index in [1.165, 1.54) is 11.8 Å². The molecule has 3 nitrogen and oxygen atoms in total. The highest BCUT2D eigenvalue weighted by molar-refractivity contribution is 8.01. The van der Waals surface area contributed by atoms with Crippen molar-refractivity contribution < 1.29 is 8.42 Å². The molecule has 0 unspecified atom stereocenters. The Kier molecular flexibility index (Phi) is 4.72. The zero-order chi connectivity index (χ0) is 14.0. The second kappa shape index (κ2) is 5.53. The van der Waals surface area contributed by atoms with Crippen molar-refractivity contribution in [2.45, 2.75) is 37.3 Å². The number of anilines is 1. The molecule has 1 rings (SSSR count). The molecule has 2 N–H and O–H groups in total. The minimum atomic E-state index is -3.05. The lowest BCUT2D eigenvalue weighted by atomic mass is 10.2. The van der Waals surface area contributed by atoms with Gasteiger partial charge in [0.15, 0.2) is 9.84 Å². The quantitative estimate of drug-likeness (QED) is 0.683. The van der Waals surface area contributed by atoms with Gasteiger partial charge in [0.05, 0.1) is 10.5 Å². The first-order valence-electron chi connectivity index (χ1n) is 5.85. The minimum absolute atomic E-state index is 0.175. The van der Waals surface area contributed by atoms with E-state index in [4.69, 9.17) is 5.73 Å². The molecular weight excluding hydrogens is 266 g/mol. The first-order chi connectivity index (χ1) is 8.15. The van der Waals surface area contributed by atoms with E-state index in [0.29, 0.717) is 5.75 Å². The van der Waals surface area contributed by atoms with Crippen LogP contribution in [0.5, 0.6) is 0 Å². The Morgan fingerprint density at radius 1 is 1.28 bits per heavy atom. The number of hydrogen-bond donors (Lipinski definition) is 1. The number of nitrogens with two attached hydrogens (primary N) is 1. The van der Waals surface area contributed by atoms with Crippen molar-refractivity contribution in [3.8, 4) is 0 Å². The maximum atomic E-state index is 11.9. The topological polar surface area (TPSA) is 60.2 Å². The molecule has 0 aliphatic carbocycles. The lowest BCUT2D eigenvalue weighted by molar-refractivity contribution is 0.562. The van der Waals surface area contributed by atoms with Crippen LogP contribution in [-0.4, -0.2) is 24.7 Å². The Morgan fingerprint density at radius 3 is 2.44 bits per heavy atom. The van der Waals surface area contributed by atoms with Crippen molar-refractivity contribution in [1.82, 2.24) is 0 Å². The monoisotopic (exact) mass is 287 g/mol. The summed E-state index contributed by atoms with van der Waals surface area (Å²) in [5.74, 6) is 0.710. The van der Waals surface area contributed by atoms with Crippen molar-refractivity contribution in [2.75, 3.05) is 17.2 Å². The average molecular weight is 287 g/mol. The van der Waals surface area contributed by atoms with Gasteiger partial charge in [-0.3, -0.25) is 0 Å². The molecule has 0 heterocycles. The lowest BCUT2D eigenvalue weighted by Gasteiger charge is -2.19. The summed E-state index contributed by atoms with van der Waals surface area (Å²) in [5.41, 5.74) is 7.72. The van der Waals surface area contributed by atoms with Crippen molar-refractivity contribution in [3.63, 3.8) is 0 Å². The molecule has 0 fully saturated rings. The molecule has 1 aromatic carbocycles. The third kappa shape index (κ3) is 3.65. The summed E-state index contributed by atoms with van der Waals surface area (Å²) >= 11 is 1.50. The minimum Gasteiger partial charge on any atom is -0.398 e. The van der Waals surface area contributed by atoms with E-state index in [-0.39, 0.29) is 5.75 Å². The number of sulfone groups is 1. The molecule has 0 saturated heterocycles. The van der Waals surface area contributed by atoms with Crippen molar-refractivity contribution in [2.24, 2.45) is 0 Å². The number of hydrogen-bond acceptors (Lipinski definition) is 4. The van der Waals surface area contributed by atoms with Gasteiger partial charge in [-0.1, -0.05) is 12.1 Å². The van der Waals surface area contributed by atoms with E-state index in [1.807, 2.05) is 25.1 Å². The molecule has 18 heavy (non-hydrogen) atoms. The lowest BCUT2D eigenvalue weighted by Crippen LogP contribution is -2.31. The van der Waals surface area contributed by atoms with Gasteiger partial charge >= 0.3 is 0 Å². The first kappa shape index (κ1) is 15.4. The summed E-state index contributed by atoms with van der Waals surface area (Å²) < 4.78 is 23.2. The van der Waals surface area contributed by atoms with Gasteiger partial charge in [0, 0.05) is 16.3 Å². The SMILES string of the molecule is Cc1cccc(SCCS(=O)(=O)C(C)(C)C)c1N. The summed E-state index contributed by atoms with van der Waals surface area (Å²) in [7, 11) is -3.05. The summed E-state index contributed by atoms with van der Waals surface area (Å²) in [4.78, 5) is 0.958. The van der Waals surface area contributed by atoms with E-state index in [2.05, 4.69) is 0 Å². The van der Waals surface area contributed by atoms with Crippen LogP contribution in [0.25, 0.3) is 0 Å². The molecule has 0 radical (unpaired) electrons. The van der Waals surface area contributed by atoms with Crippen LogP contribution in [-0.2, 0) is 9.84 Å². The van der Waals surface area contributed by atoms with Gasteiger partial charge in [-0.25, -0.2) is 8.42 Å². The molecule has 102 valence electrons. The third-order valence-corrected chi connectivity index (χ3v) is 6.77. The van der Waals surface area contributed by atoms with Crippen molar-refractivity contribution >= 4 is 27.3 Å². The molecule has 0 amide bonds. The highest BCUT2D eigenvalue weighted by atomic mass is 32.2. The van der Waals surface area contributed by atoms with E-state index in [0.717, 1.165) is 16.1 Å². The smallest absolute Gasteiger partial charge is 0.156 e. The first-order valence-corrected chi connectivity index (χ1v) is 8.49. The number of para-hydroxylation sites is 1. The number of thioether (sulfide) groups is 1. The number of rotatable bonds is 4. The van der Waals surface area contributed by atoms with E-state index in [1.54, 1.807) is 20.8 Å². The highest BCUT2D eigenvalue weighted by Crippen LogP contribution is 2.28. The normalized spacial score (nSPS) is 12.7. The zero-order valence-corrected chi connectivity index (χ0v) is 13.0. The second-order valence-corrected chi connectivity index (χ2v) is 9.27. The van der Waals surface area contributed by atoms with Gasteiger partial charge < -0.3 is 5.73 Å². The molecule has 5 heteroatoms. The summed E-state index contributed by atoms with van der Waals surface area (Å²) in [6.45, 7) is 7.14. The molecule has 0 aliphatic heterocycles. The zero-order valence-electron chi connectivity index (χ0n) is 11.4. The fraction of sp³-hybridized carbons (Fsp3) is 0.538. The average Bonchev–Trinajstić information content (AvgIpc) is 2.22. The van der Waals surface area contributed by atoms with Crippen molar-refractivity contribution in [3.05, 3.63) is 23.8 Å². The second-order valence-electron chi connectivity index (χ2n) is 5.27.